The number of nitrogens with zero attached hydrogens (tertiary/aromatic N) is 2. The number of nitrogens with one attached hydrogen (secondary N) is 1. The van der Waals surface area contributed by atoms with Crippen molar-refractivity contribution >= 4 is 19.1 Å². The Morgan fingerprint density at radius 1 is 1.30 bits per heavy atom. The molecule has 0 saturated heterocycles. The van der Waals surface area contributed by atoms with Crippen LogP contribution in [0, 0.1) is 0 Å². The van der Waals surface area contributed by atoms with Gasteiger partial charge in [0.05, 0.1) is 0 Å². The van der Waals surface area contributed by atoms with Gasteiger partial charge in [0, 0.05) is 12.6 Å². The summed E-state index contributed by atoms with van der Waals surface area (Å²) >= 11 is 0. The molecule has 0 heterocycles. The van der Waals surface area contributed by atoms with E-state index >= 15 is 0 Å². The second kappa shape index (κ2) is 9.09. The number of hydrogen-bond acceptors (Lipinski definition) is 5. The zero-order valence-electron chi connectivity index (χ0n) is 13.3. The van der Waals surface area contributed by atoms with Gasteiger partial charge in [0.1, 0.15) is 6.54 Å². The van der Waals surface area contributed by atoms with E-state index in [1.54, 1.807) is 26.0 Å². The Morgan fingerprint density at radius 3 is 2.39 bits per heavy atom. The number of hydrogen-bond donors (Lipinski definition) is 3. The molecule has 23 heavy (non-hydrogen) atoms. The third-order valence-electron chi connectivity index (χ3n) is 3.14. The minimum atomic E-state index is -1.86. The topological polar surface area (TPSA) is 93.1 Å². The van der Waals surface area contributed by atoms with Crippen LogP contribution in [0.1, 0.15) is 19.4 Å². The molecule has 7 nitrogen and oxygen atoms in total. The Hall–Kier alpha value is -2.16. The standard InChI is InChI=1S/C15H22BN3O4/c1-4-15(21)18(12(2)3)11-14(20)17-19(16(22)23)10-13-8-6-5-7-9-13/h4-9,12,22-23H,1,10-11H2,2-3H3,(H,17,20). The first-order chi connectivity index (χ1) is 10.8. The molecule has 0 aliphatic carbocycles. The first kappa shape index (κ1) is 18.9. The summed E-state index contributed by atoms with van der Waals surface area (Å²) in [5, 5.41) is 18.8. The minimum absolute atomic E-state index is 0.112. The average Bonchev–Trinajstić information content (AvgIpc) is 2.51. The quantitative estimate of drug-likeness (QED) is 0.354. The summed E-state index contributed by atoms with van der Waals surface area (Å²) in [6.07, 6.45) is 1.13. The van der Waals surface area contributed by atoms with Crippen LogP contribution in [0.2, 0.25) is 0 Å². The van der Waals surface area contributed by atoms with Crippen molar-refractivity contribution < 1.29 is 19.6 Å². The fourth-order valence-corrected chi connectivity index (χ4v) is 1.94. The van der Waals surface area contributed by atoms with Crippen molar-refractivity contribution in [2.24, 2.45) is 0 Å². The van der Waals surface area contributed by atoms with Gasteiger partial charge < -0.3 is 14.9 Å². The summed E-state index contributed by atoms with van der Waals surface area (Å²) < 4.78 is 0. The summed E-state index contributed by atoms with van der Waals surface area (Å²) in [5.41, 5.74) is 3.19. The van der Waals surface area contributed by atoms with Crippen molar-refractivity contribution in [1.29, 1.82) is 0 Å². The first-order valence-corrected chi connectivity index (χ1v) is 7.24. The Bertz CT molecular complexity index is 537. The van der Waals surface area contributed by atoms with Crippen LogP contribution < -0.4 is 5.43 Å². The minimum Gasteiger partial charge on any atom is -0.412 e. The summed E-state index contributed by atoms with van der Waals surface area (Å²) in [4.78, 5) is 26.1. The van der Waals surface area contributed by atoms with Crippen LogP contribution in [0.25, 0.3) is 0 Å². The Morgan fingerprint density at radius 2 is 1.91 bits per heavy atom. The summed E-state index contributed by atoms with van der Waals surface area (Å²) in [6.45, 7) is 6.86. The van der Waals surface area contributed by atoms with Crippen LogP contribution in [0.5, 0.6) is 0 Å². The van der Waals surface area contributed by atoms with Crippen LogP contribution in [0.15, 0.2) is 43.0 Å². The predicted octanol–water partition coefficient (Wildman–Crippen LogP) is -0.0877. The summed E-state index contributed by atoms with van der Waals surface area (Å²) in [5.74, 6) is -0.896. The molecule has 0 aliphatic heterocycles. The van der Waals surface area contributed by atoms with E-state index in [4.69, 9.17) is 0 Å². The molecule has 0 atom stereocenters. The predicted molar refractivity (Wildman–Crippen MR) is 87.4 cm³/mol. The largest absolute Gasteiger partial charge is 0.571 e. The Kier molecular flexibility index (Phi) is 7.47. The zero-order chi connectivity index (χ0) is 17.4. The van der Waals surface area contributed by atoms with Gasteiger partial charge in [0.25, 0.3) is 5.91 Å². The van der Waals surface area contributed by atoms with Gasteiger partial charge >= 0.3 is 7.25 Å². The van der Waals surface area contributed by atoms with Gasteiger partial charge in [-0.1, -0.05) is 36.9 Å². The van der Waals surface area contributed by atoms with Crippen molar-refractivity contribution in [2.75, 3.05) is 6.54 Å². The lowest BCUT2D eigenvalue weighted by atomic mass is 10.1. The second-order valence-electron chi connectivity index (χ2n) is 5.26. The lowest BCUT2D eigenvalue weighted by Crippen LogP contribution is -2.54. The molecule has 0 radical (unpaired) electrons. The molecule has 1 rings (SSSR count). The van der Waals surface area contributed by atoms with Gasteiger partial charge in [0.2, 0.25) is 5.91 Å². The average molecular weight is 319 g/mol. The van der Waals surface area contributed by atoms with Gasteiger partial charge in [0.15, 0.2) is 0 Å². The van der Waals surface area contributed by atoms with Gasteiger partial charge in [-0.3, -0.25) is 15.0 Å². The van der Waals surface area contributed by atoms with E-state index in [9.17, 15) is 19.6 Å². The number of hydrazine groups is 1. The lowest BCUT2D eigenvalue weighted by Gasteiger charge is -2.27. The molecule has 3 N–H and O–H groups in total. The monoisotopic (exact) mass is 319 g/mol. The summed E-state index contributed by atoms with van der Waals surface area (Å²) in [6, 6.07) is 8.85. The molecule has 0 saturated carbocycles. The molecule has 124 valence electrons. The zero-order valence-corrected chi connectivity index (χ0v) is 13.3. The normalized spacial score (nSPS) is 10.5. The molecule has 0 unspecified atom stereocenters. The van der Waals surface area contributed by atoms with Gasteiger partial charge in [-0.25, -0.2) is 0 Å². The molecule has 0 fully saturated rings. The number of carbonyl (C=O) groups is 2. The fraction of sp³-hybridized carbons (Fsp3) is 0.333. The molecule has 0 spiro atoms. The van der Waals surface area contributed by atoms with E-state index in [0.717, 1.165) is 16.6 Å². The number of rotatable bonds is 8. The second-order valence-corrected chi connectivity index (χ2v) is 5.26. The smallest absolute Gasteiger partial charge is 0.412 e. The molecule has 1 aromatic rings. The highest BCUT2D eigenvalue weighted by Gasteiger charge is 2.25. The van der Waals surface area contributed by atoms with E-state index < -0.39 is 13.2 Å². The molecule has 8 heteroatoms. The van der Waals surface area contributed by atoms with Crippen molar-refractivity contribution in [3.8, 4) is 0 Å². The molecule has 0 aliphatic rings. The lowest BCUT2D eigenvalue weighted by molar-refractivity contribution is -0.135. The van der Waals surface area contributed by atoms with Crippen molar-refractivity contribution in [2.45, 2.75) is 26.4 Å². The van der Waals surface area contributed by atoms with Crippen molar-refractivity contribution in [3.05, 3.63) is 48.6 Å². The molecular weight excluding hydrogens is 297 g/mol. The number of carbonyl (C=O) groups excluding carboxylic acids is 2. The van der Waals surface area contributed by atoms with Crippen LogP contribution in [-0.4, -0.2) is 51.5 Å². The third kappa shape index (κ3) is 6.23. The van der Waals surface area contributed by atoms with Crippen molar-refractivity contribution in [1.82, 2.24) is 15.2 Å². The summed E-state index contributed by atoms with van der Waals surface area (Å²) in [7, 11) is -1.86. The van der Waals surface area contributed by atoms with Crippen LogP contribution in [-0.2, 0) is 16.1 Å². The molecule has 2 amide bonds. The van der Waals surface area contributed by atoms with Crippen LogP contribution in [0.3, 0.4) is 0 Å². The fourth-order valence-electron chi connectivity index (χ4n) is 1.94. The van der Waals surface area contributed by atoms with E-state index in [0.29, 0.717) is 0 Å². The Balaban J connectivity index is 2.70. The highest BCUT2D eigenvalue weighted by molar-refractivity contribution is 6.37. The number of benzene rings is 1. The third-order valence-corrected chi connectivity index (χ3v) is 3.14. The van der Waals surface area contributed by atoms with Gasteiger partial charge in [-0.15, -0.1) is 0 Å². The van der Waals surface area contributed by atoms with Gasteiger partial charge in [-0.05, 0) is 25.5 Å². The van der Waals surface area contributed by atoms with Crippen molar-refractivity contribution in [3.63, 3.8) is 0 Å². The van der Waals surface area contributed by atoms with Crippen LogP contribution >= 0.6 is 0 Å². The number of amides is 2. The van der Waals surface area contributed by atoms with Crippen LogP contribution in [0.4, 0.5) is 0 Å². The SMILES string of the molecule is C=CC(=O)N(CC(=O)NN(Cc1ccccc1)B(O)O)C(C)C. The van der Waals surface area contributed by atoms with E-state index in [1.807, 2.05) is 18.2 Å². The molecule has 1 aromatic carbocycles. The van der Waals surface area contributed by atoms with Gasteiger partial charge in [-0.2, -0.15) is 4.92 Å². The van der Waals surface area contributed by atoms with E-state index in [1.165, 1.54) is 4.90 Å². The Labute approximate surface area is 136 Å². The highest BCUT2D eigenvalue weighted by atomic mass is 16.4. The van der Waals surface area contributed by atoms with E-state index in [-0.39, 0.29) is 25.0 Å². The molecule has 0 aromatic heterocycles. The highest BCUT2D eigenvalue weighted by Crippen LogP contribution is 2.04. The molecule has 0 bridgehead atoms. The molecular formula is C15H22BN3O4. The maximum absolute atomic E-state index is 12.1. The maximum atomic E-state index is 12.1. The maximum Gasteiger partial charge on any atom is 0.571 e. The first-order valence-electron chi connectivity index (χ1n) is 7.24. The van der Waals surface area contributed by atoms with E-state index in [2.05, 4.69) is 12.0 Å².